The van der Waals surface area contributed by atoms with Gasteiger partial charge in [-0.3, -0.25) is 9.69 Å². The number of nitrogens with zero attached hydrogens (tertiary/aromatic N) is 3. The molecule has 2 fully saturated rings. The first-order valence-corrected chi connectivity index (χ1v) is 9.49. The van der Waals surface area contributed by atoms with Gasteiger partial charge in [0.1, 0.15) is 5.82 Å². The van der Waals surface area contributed by atoms with Gasteiger partial charge in [-0.2, -0.15) is 0 Å². The number of anilines is 1. The molecule has 0 spiro atoms. The first-order valence-electron chi connectivity index (χ1n) is 9.49. The maximum atomic E-state index is 13.1. The van der Waals surface area contributed by atoms with Crippen molar-refractivity contribution in [2.75, 3.05) is 25.0 Å². The minimum Gasteiger partial charge on any atom is -0.367 e. The van der Waals surface area contributed by atoms with Crippen LogP contribution in [0.2, 0.25) is 0 Å². The van der Waals surface area contributed by atoms with E-state index in [1.54, 1.807) is 6.20 Å². The van der Waals surface area contributed by atoms with Crippen molar-refractivity contribution in [3.8, 4) is 0 Å². The molecule has 1 N–H and O–H groups in total. The molecule has 0 unspecified atom stereocenters. The van der Waals surface area contributed by atoms with Crippen LogP contribution in [0.4, 0.5) is 5.82 Å². The van der Waals surface area contributed by atoms with Crippen LogP contribution in [0.25, 0.3) is 0 Å². The molecular formula is C21H26N4O. The lowest BCUT2D eigenvalue weighted by molar-refractivity contribution is 0.0496. The molecule has 26 heavy (non-hydrogen) atoms. The van der Waals surface area contributed by atoms with E-state index < -0.39 is 0 Å². The summed E-state index contributed by atoms with van der Waals surface area (Å²) < 4.78 is 0. The van der Waals surface area contributed by atoms with Crippen LogP contribution in [0.1, 0.15) is 35.7 Å². The lowest BCUT2D eigenvalue weighted by Gasteiger charge is -2.40. The lowest BCUT2D eigenvalue weighted by Crippen LogP contribution is -2.53. The smallest absolute Gasteiger partial charge is 0.257 e. The highest BCUT2D eigenvalue weighted by Gasteiger charge is 2.30. The second kappa shape index (κ2) is 7.46. The van der Waals surface area contributed by atoms with Gasteiger partial charge < -0.3 is 10.2 Å². The van der Waals surface area contributed by atoms with Crippen LogP contribution in [-0.4, -0.2) is 52.4 Å². The number of nitrogens with one attached hydrogen (secondary N) is 1. The van der Waals surface area contributed by atoms with E-state index in [4.69, 9.17) is 0 Å². The van der Waals surface area contributed by atoms with Gasteiger partial charge in [-0.1, -0.05) is 30.3 Å². The van der Waals surface area contributed by atoms with Crippen LogP contribution in [0, 0.1) is 0 Å². The molecule has 1 atom stereocenters. The van der Waals surface area contributed by atoms with Crippen molar-refractivity contribution in [3.05, 3.63) is 59.8 Å². The van der Waals surface area contributed by atoms with E-state index in [0.717, 1.165) is 32.0 Å². The number of aromatic nitrogens is 1. The van der Waals surface area contributed by atoms with Gasteiger partial charge in [0.25, 0.3) is 5.91 Å². The maximum absolute atomic E-state index is 13.1. The molecule has 4 rings (SSSR count). The molecule has 2 heterocycles. The number of hydrogen-bond acceptors (Lipinski definition) is 4. The number of rotatable bonds is 5. The monoisotopic (exact) mass is 350 g/mol. The first-order chi connectivity index (χ1) is 12.7. The van der Waals surface area contributed by atoms with Crippen LogP contribution in [0.15, 0.2) is 48.7 Å². The molecule has 1 saturated heterocycles. The highest BCUT2D eigenvalue weighted by Crippen LogP contribution is 2.26. The van der Waals surface area contributed by atoms with Crippen molar-refractivity contribution in [1.82, 2.24) is 14.8 Å². The minimum absolute atomic E-state index is 0.0902. The topological polar surface area (TPSA) is 48.5 Å². The largest absolute Gasteiger partial charge is 0.367 e. The average Bonchev–Trinajstić information content (AvgIpc) is 3.48. The van der Waals surface area contributed by atoms with E-state index in [-0.39, 0.29) is 5.91 Å². The standard InChI is InChI=1S/C21H26N4O/c1-16-14-25(13-12-24(16)15-17-6-3-2-4-7-17)21(26)19-8-5-11-22-20(19)23-18-9-10-18/h2-8,11,16,18H,9-10,12-15H2,1H3,(H,22,23)/t16-/m0/s1. The molecule has 0 bridgehead atoms. The zero-order valence-electron chi connectivity index (χ0n) is 15.3. The molecule has 1 aliphatic heterocycles. The van der Waals surface area contributed by atoms with Crippen LogP contribution < -0.4 is 5.32 Å². The molecule has 0 radical (unpaired) electrons. The Bertz CT molecular complexity index is 760. The van der Waals surface area contributed by atoms with Gasteiger partial charge in [-0.25, -0.2) is 4.98 Å². The van der Waals surface area contributed by atoms with Crippen LogP contribution >= 0.6 is 0 Å². The lowest BCUT2D eigenvalue weighted by atomic mass is 10.1. The number of benzene rings is 1. The Labute approximate surface area is 155 Å². The van der Waals surface area contributed by atoms with Crippen molar-refractivity contribution in [1.29, 1.82) is 0 Å². The molecule has 2 aromatic rings. The van der Waals surface area contributed by atoms with Crippen molar-refractivity contribution in [2.45, 2.75) is 38.4 Å². The fourth-order valence-corrected chi connectivity index (χ4v) is 3.52. The van der Waals surface area contributed by atoms with Gasteiger partial charge in [-0.15, -0.1) is 0 Å². The van der Waals surface area contributed by atoms with E-state index in [0.29, 0.717) is 17.6 Å². The highest BCUT2D eigenvalue weighted by atomic mass is 16.2. The van der Waals surface area contributed by atoms with E-state index in [1.807, 2.05) is 23.1 Å². The van der Waals surface area contributed by atoms with E-state index >= 15 is 0 Å². The molecule has 5 heteroatoms. The summed E-state index contributed by atoms with van der Waals surface area (Å²) in [6.45, 7) is 5.55. The van der Waals surface area contributed by atoms with Gasteiger partial charge in [0, 0.05) is 44.5 Å². The van der Waals surface area contributed by atoms with Crippen LogP contribution in [0.5, 0.6) is 0 Å². The van der Waals surface area contributed by atoms with E-state index in [1.165, 1.54) is 18.4 Å². The fraction of sp³-hybridized carbons (Fsp3) is 0.429. The van der Waals surface area contributed by atoms with Crippen molar-refractivity contribution >= 4 is 11.7 Å². The van der Waals surface area contributed by atoms with Gasteiger partial charge >= 0.3 is 0 Å². The molecular weight excluding hydrogens is 324 g/mol. The second-order valence-corrected chi connectivity index (χ2v) is 7.37. The predicted molar refractivity (Wildman–Crippen MR) is 103 cm³/mol. The zero-order chi connectivity index (χ0) is 17.9. The Balaban J connectivity index is 1.41. The summed E-state index contributed by atoms with van der Waals surface area (Å²) >= 11 is 0. The summed E-state index contributed by atoms with van der Waals surface area (Å²) in [4.78, 5) is 21.9. The van der Waals surface area contributed by atoms with Gasteiger partial charge in [0.2, 0.25) is 0 Å². The van der Waals surface area contributed by atoms with Gasteiger partial charge in [0.15, 0.2) is 0 Å². The Hall–Kier alpha value is -2.40. The molecule has 1 saturated carbocycles. The van der Waals surface area contributed by atoms with Gasteiger partial charge in [-0.05, 0) is 37.5 Å². The summed E-state index contributed by atoms with van der Waals surface area (Å²) in [5, 5.41) is 3.39. The number of pyridine rings is 1. The van der Waals surface area contributed by atoms with Crippen LogP contribution in [-0.2, 0) is 6.54 Å². The third kappa shape index (κ3) is 3.88. The average molecular weight is 350 g/mol. The van der Waals surface area contributed by atoms with Crippen LogP contribution in [0.3, 0.4) is 0 Å². The molecule has 1 amide bonds. The molecule has 1 aliphatic carbocycles. The Morgan fingerprint density at radius 1 is 1.15 bits per heavy atom. The molecule has 1 aromatic heterocycles. The third-order valence-corrected chi connectivity index (χ3v) is 5.24. The summed E-state index contributed by atoms with van der Waals surface area (Å²) in [5.74, 6) is 0.826. The van der Waals surface area contributed by atoms with Crippen molar-refractivity contribution < 1.29 is 4.79 Å². The van der Waals surface area contributed by atoms with E-state index in [2.05, 4.69) is 46.4 Å². The Kier molecular flexibility index (Phi) is 4.89. The third-order valence-electron chi connectivity index (χ3n) is 5.24. The summed E-state index contributed by atoms with van der Waals surface area (Å²) in [6, 6.07) is 15.1. The van der Waals surface area contributed by atoms with Crippen molar-refractivity contribution in [3.63, 3.8) is 0 Å². The Morgan fingerprint density at radius 3 is 2.69 bits per heavy atom. The molecule has 2 aliphatic rings. The number of hydrogen-bond donors (Lipinski definition) is 1. The molecule has 136 valence electrons. The van der Waals surface area contributed by atoms with Gasteiger partial charge in [0.05, 0.1) is 5.56 Å². The highest BCUT2D eigenvalue weighted by molar-refractivity contribution is 5.98. The normalized spacial score (nSPS) is 20.8. The number of carbonyl (C=O) groups is 1. The van der Waals surface area contributed by atoms with Crippen molar-refractivity contribution in [2.24, 2.45) is 0 Å². The zero-order valence-corrected chi connectivity index (χ0v) is 15.3. The predicted octanol–water partition coefficient (Wildman–Crippen LogP) is 3.00. The maximum Gasteiger partial charge on any atom is 0.257 e. The van der Waals surface area contributed by atoms with E-state index in [9.17, 15) is 4.79 Å². The number of carbonyl (C=O) groups excluding carboxylic acids is 1. The quantitative estimate of drug-likeness (QED) is 0.901. The Morgan fingerprint density at radius 2 is 1.96 bits per heavy atom. The molecule has 5 nitrogen and oxygen atoms in total. The molecule has 1 aromatic carbocycles. The number of amides is 1. The number of piperazine rings is 1. The fourth-order valence-electron chi connectivity index (χ4n) is 3.52. The SMILES string of the molecule is C[C@H]1CN(C(=O)c2cccnc2NC2CC2)CCN1Cc1ccccc1. The summed E-state index contributed by atoms with van der Waals surface area (Å²) in [5.41, 5.74) is 2.02. The summed E-state index contributed by atoms with van der Waals surface area (Å²) in [6.07, 6.45) is 4.08. The summed E-state index contributed by atoms with van der Waals surface area (Å²) in [7, 11) is 0. The second-order valence-electron chi connectivity index (χ2n) is 7.37. The first kappa shape index (κ1) is 17.0. The minimum atomic E-state index is 0.0902.